The highest BCUT2D eigenvalue weighted by Crippen LogP contribution is 2.29. The molecule has 0 aromatic rings. The zero-order chi connectivity index (χ0) is 7.94. The second kappa shape index (κ2) is 5.90. The fourth-order valence-electron chi connectivity index (χ4n) is 1.55. The lowest BCUT2D eigenvalue weighted by molar-refractivity contribution is 0.809. The molecule has 11 heavy (non-hydrogen) atoms. The lowest BCUT2D eigenvalue weighted by Crippen LogP contribution is -2.00. The summed E-state index contributed by atoms with van der Waals surface area (Å²) in [6.45, 7) is 0.866. The van der Waals surface area contributed by atoms with E-state index in [1.165, 1.54) is 44.3 Å². The largest absolute Gasteiger partial charge is 0.330 e. The maximum Gasteiger partial charge on any atom is 0.00470 e. The summed E-state index contributed by atoms with van der Waals surface area (Å²) in [7, 11) is 0. The first-order valence-electron chi connectivity index (χ1n) is 4.75. The summed E-state index contributed by atoms with van der Waals surface area (Å²) in [6.07, 6.45) is 8.39. The molecule has 1 rings (SSSR count). The van der Waals surface area contributed by atoms with Crippen LogP contribution in [0.4, 0.5) is 0 Å². The van der Waals surface area contributed by atoms with Gasteiger partial charge >= 0.3 is 0 Å². The minimum Gasteiger partial charge on any atom is -0.330 e. The van der Waals surface area contributed by atoms with Crippen LogP contribution in [0.1, 0.15) is 38.5 Å². The van der Waals surface area contributed by atoms with Crippen LogP contribution < -0.4 is 5.73 Å². The average molecular weight is 173 g/mol. The van der Waals surface area contributed by atoms with Gasteiger partial charge in [0.25, 0.3) is 0 Å². The third-order valence-corrected chi connectivity index (χ3v) is 3.72. The number of hydrogen-bond acceptors (Lipinski definition) is 2. The van der Waals surface area contributed by atoms with Gasteiger partial charge in [-0.05, 0) is 38.0 Å². The zero-order valence-corrected chi connectivity index (χ0v) is 8.04. The zero-order valence-electron chi connectivity index (χ0n) is 7.22. The third-order valence-electron chi connectivity index (χ3n) is 2.25. The van der Waals surface area contributed by atoms with Gasteiger partial charge in [0.1, 0.15) is 0 Å². The van der Waals surface area contributed by atoms with Gasteiger partial charge in [-0.3, -0.25) is 0 Å². The Hall–Kier alpha value is 0.310. The van der Waals surface area contributed by atoms with E-state index in [9.17, 15) is 0 Å². The molecule has 66 valence electrons. The van der Waals surface area contributed by atoms with Crippen LogP contribution in [0.25, 0.3) is 0 Å². The standard InChI is InChI=1S/C9H19NS/c10-7-3-4-8-11-9-5-1-2-6-9/h9H,1-8,10H2. The molecule has 0 bridgehead atoms. The van der Waals surface area contributed by atoms with E-state index >= 15 is 0 Å². The normalized spacial score (nSPS) is 19.4. The van der Waals surface area contributed by atoms with E-state index in [-0.39, 0.29) is 0 Å². The van der Waals surface area contributed by atoms with Gasteiger partial charge in [-0.1, -0.05) is 12.8 Å². The summed E-state index contributed by atoms with van der Waals surface area (Å²) < 4.78 is 0. The minimum atomic E-state index is 0.866. The van der Waals surface area contributed by atoms with Crippen LogP contribution in [0.5, 0.6) is 0 Å². The molecule has 2 heteroatoms. The van der Waals surface area contributed by atoms with E-state index < -0.39 is 0 Å². The molecule has 0 spiro atoms. The molecule has 0 atom stereocenters. The molecule has 0 heterocycles. The van der Waals surface area contributed by atoms with Gasteiger partial charge in [-0.15, -0.1) is 0 Å². The Kier molecular flexibility index (Phi) is 5.04. The van der Waals surface area contributed by atoms with Crippen LogP contribution in [0.2, 0.25) is 0 Å². The maximum atomic E-state index is 5.41. The Morgan fingerprint density at radius 1 is 1.18 bits per heavy atom. The first-order chi connectivity index (χ1) is 5.43. The number of unbranched alkanes of at least 4 members (excludes halogenated alkanes) is 1. The Balaban J connectivity index is 1.86. The molecule has 0 saturated heterocycles. The number of thioether (sulfide) groups is 1. The number of hydrogen-bond donors (Lipinski definition) is 1. The second-order valence-corrected chi connectivity index (χ2v) is 4.68. The predicted molar refractivity (Wildman–Crippen MR) is 53.0 cm³/mol. The van der Waals surface area contributed by atoms with Gasteiger partial charge < -0.3 is 5.73 Å². The van der Waals surface area contributed by atoms with Crippen molar-refractivity contribution in [1.29, 1.82) is 0 Å². The molecule has 0 aliphatic heterocycles. The summed E-state index contributed by atoms with van der Waals surface area (Å²) in [4.78, 5) is 0. The Morgan fingerprint density at radius 3 is 2.55 bits per heavy atom. The molecular formula is C9H19NS. The summed E-state index contributed by atoms with van der Waals surface area (Å²) in [5.74, 6) is 1.34. The first kappa shape index (κ1) is 9.40. The predicted octanol–water partition coefficient (Wildman–Crippen LogP) is 2.40. The average Bonchev–Trinajstić information content (AvgIpc) is 2.50. The van der Waals surface area contributed by atoms with Gasteiger partial charge in [-0.25, -0.2) is 0 Å². The summed E-state index contributed by atoms with van der Waals surface area (Å²) in [5, 5.41) is 0.993. The van der Waals surface area contributed by atoms with Crippen LogP contribution in [0.15, 0.2) is 0 Å². The molecule has 0 radical (unpaired) electrons. The molecule has 1 saturated carbocycles. The molecule has 0 aromatic heterocycles. The van der Waals surface area contributed by atoms with Gasteiger partial charge in [0.15, 0.2) is 0 Å². The Morgan fingerprint density at radius 2 is 1.91 bits per heavy atom. The highest BCUT2D eigenvalue weighted by molar-refractivity contribution is 7.99. The van der Waals surface area contributed by atoms with Gasteiger partial charge in [0.05, 0.1) is 0 Å². The van der Waals surface area contributed by atoms with Gasteiger partial charge in [0.2, 0.25) is 0 Å². The van der Waals surface area contributed by atoms with Gasteiger partial charge in [0, 0.05) is 5.25 Å². The lowest BCUT2D eigenvalue weighted by atomic mass is 10.3. The summed E-state index contributed by atoms with van der Waals surface area (Å²) in [6, 6.07) is 0. The van der Waals surface area contributed by atoms with Crippen molar-refractivity contribution < 1.29 is 0 Å². The monoisotopic (exact) mass is 173 g/mol. The molecule has 2 N–H and O–H groups in total. The van der Waals surface area contributed by atoms with Crippen LogP contribution in [0, 0.1) is 0 Å². The molecule has 1 aliphatic rings. The van der Waals surface area contributed by atoms with E-state index in [4.69, 9.17) is 5.73 Å². The van der Waals surface area contributed by atoms with E-state index in [0.29, 0.717) is 0 Å². The van der Waals surface area contributed by atoms with Crippen molar-refractivity contribution >= 4 is 11.8 Å². The molecule has 0 amide bonds. The SMILES string of the molecule is NCCCCSC1CCCC1. The highest BCUT2D eigenvalue weighted by atomic mass is 32.2. The van der Waals surface area contributed by atoms with Gasteiger partial charge in [-0.2, -0.15) is 11.8 Å². The van der Waals surface area contributed by atoms with Crippen molar-refractivity contribution in [1.82, 2.24) is 0 Å². The van der Waals surface area contributed by atoms with Crippen LogP contribution in [-0.2, 0) is 0 Å². The molecule has 0 aromatic carbocycles. The Bertz CT molecular complexity index is 89.6. The minimum absolute atomic E-state index is 0.866. The van der Waals surface area contributed by atoms with E-state index in [1.807, 2.05) is 0 Å². The van der Waals surface area contributed by atoms with Crippen LogP contribution >= 0.6 is 11.8 Å². The molecule has 1 fully saturated rings. The summed E-state index contributed by atoms with van der Waals surface area (Å²) in [5.41, 5.74) is 5.41. The van der Waals surface area contributed by atoms with Crippen molar-refractivity contribution in [3.05, 3.63) is 0 Å². The molecule has 1 nitrogen and oxygen atoms in total. The third kappa shape index (κ3) is 4.02. The lowest BCUT2D eigenvalue weighted by Gasteiger charge is -2.06. The van der Waals surface area contributed by atoms with Crippen molar-refractivity contribution in [3.8, 4) is 0 Å². The van der Waals surface area contributed by atoms with Crippen molar-refractivity contribution in [2.75, 3.05) is 12.3 Å². The van der Waals surface area contributed by atoms with Crippen LogP contribution in [0.3, 0.4) is 0 Å². The number of nitrogens with two attached hydrogens (primary N) is 1. The topological polar surface area (TPSA) is 26.0 Å². The van der Waals surface area contributed by atoms with E-state index in [2.05, 4.69) is 11.8 Å². The maximum absolute atomic E-state index is 5.41. The fraction of sp³-hybridized carbons (Fsp3) is 1.00. The van der Waals surface area contributed by atoms with E-state index in [1.54, 1.807) is 0 Å². The van der Waals surface area contributed by atoms with Crippen molar-refractivity contribution in [3.63, 3.8) is 0 Å². The van der Waals surface area contributed by atoms with Crippen molar-refractivity contribution in [2.24, 2.45) is 5.73 Å². The molecular weight excluding hydrogens is 154 g/mol. The number of rotatable bonds is 5. The Labute approximate surface area is 74.1 Å². The van der Waals surface area contributed by atoms with Crippen molar-refractivity contribution in [2.45, 2.75) is 43.8 Å². The fourth-order valence-corrected chi connectivity index (χ4v) is 2.92. The van der Waals surface area contributed by atoms with E-state index in [0.717, 1.165) is 11.8 Å². The first-order valence-corrected chi connectivity index (χ1v) is 5.80. The summed E-state index contributed by atoms with van der Waals surface area (Å²) >= 11 is 2.17. The second-order valence-electron chi connectivity index (χ2n) is 3.27. The van der Waals surface area contributed by atoms with Crippen LogP contribution in [-0.4, -0.2) is 17.5 Å². The molecule has 0 unspecified atom stereocenters. The smallest absolute Gasteiger partial charge is 0.00470 e. The molecule has 1 aliphatic carbocycles. The quantitative estimate of drug-likeness (QED) is 0.646. The highest BCUT2D eigenvalue weighted by Gasteiger charge is 2.14.